The van der Waals surface area contributed by atoms with Crippen LogP contribution in [0.5, 0.6) is 0 Å². The van der Waals surface area contributed by atoms with Crippen molar-refractivity contribution in [2.24, 2.45) is 11.5 Å². The zero-order valence-corrected chi connectivity index (χ0v) is 18.3. The van der Waals surface area contributed by atoms with Crippen molar-refractivity contribution in [2.75, 3.05) is 10.6 Å². The van der Waals surface area contributed by atoms with Gasteiger partial charge in [-0.2, -0.15) is 5.10 Å². The Bertz CT molecular complexity index is 1340. The number of benzene rings is 1. The summed E-state index contributed by atoms with van der Waals surface area (Å²) < 4.78 is 16.4. The fourth-order valence-electron chi connectivity index (χ4n) is 4.12. The minimum absolute atomic E-state index is 0.0271. The van der Waals surface area contributed by atoms with Gasteiger partial charge in [-0.25, -0.2) is 19.0 Å². The van der Waals surface area contributed by atoms with Crippen molar-refractivity contribution >= 4 is 34.3 Å². The molecule has 3 aromatic heterocycles. The molecule has 6 N–H and O–H groups in total. The number of rotatable bonds is 6. The van der Waals surface area contributed by atoms with E-state index in [0.29, 0.717) is 22.5 Å². The number of nitrogens with zero attached hydrogens (tertiary/aromatic N) is 5. The Morgan fingerprint density at radius 2 is 1.97 bits per heavy atom. The maximum absolute atomic E-state index is 14.7. The van der Waals surface area contributed by atoms with E-state index in [0.717, 1.165) is 31.7 Å². The number of nitrogens with two attached hydrogens (primary N) is 2. The molecule has 5 rings (SSSR count). The summed E-state index contributed by atoms with van der Waals surface area (Å²) in [5, 5.41) is 10.3. The van der Waals surface area contributed by atoms with Gasteiger partial charge < -0.3 is 22.1 Å². The van der Waals surface area contributed by atoms with Crippen LogP contribution in [0.4, 0.5) is 21.7 Å². The van der Waals surface area contributed by atoms with E-state index in [-0.39, 0.29) is 29.3 Å². The van der Waals surface area contributed by atoms with Gasteiger partial charge in [0.25, 0.3) is 5.91 Å². The van der Waals surface area contributed by atoms with Crippen LogP contribution in [-0.2, 0) is 0 Å². The summed E-state index contributed by atoms with van der Waals surface area (Å²) in [5.74, 6) is -0.696. The van der Waals surface area contributed by atoms with Gasteiger partial charge in [-0.15, -0.1) is 0 Å². The number of aromatic nitrogens is 5. The lowest BCUT2D eigenvalue weighted by Gasteiger charge is -2.30. The minimum atomic E-state index is -0.792. The second-order valence-electron chi connectivity index (χ2n) is 8.29. The van der Waals surface area contributed by atoms with Gasteiger partial charge in [0.1, 0.15) is 5.82 Å². The molecule has 11 heteroatoms. The lowest BCUT2D eigenvalue weighted by atomic mass is 9.91. The van der Waals surface area contributed by atoms with Crippen LogP contribution >= 0.6 is 0 Å². The minimum Gasteiger partial charge on any atom is -0.365 e. The third-order valence-corrected chi connectivity index (χ3v) is 5.91. The first-order valence-electron chi connectivity index (χ1n) is 11.0. The number of pyridine rings is 1. The van der Waals surface area contributed by atoms with Gasteiger partial charge in [-0.05, 0) is 43.2 Å². The highest BCUT2D eigenvalue weighted by Gasteiger charge is 2.24. The average Bonchev–Trinajstić information content (AvgIpc) is 3.37. The fourth-order valence-corrected chi connectivity index (χ4v) is 4.12. The number of nitrogens with one attached hydrogen (secondary N) is 2. The fraction of sp³-hybridized carbons (Fsp3) is 0.261. The normalized spacial score (nSPS) is 18.1. The van der Waals surface area contributed by atoms with Crippen LogP contribution in [0.25, 0.3) is 16.9 Å². The Morgan fingerprint density at radius 1 is 1.12 bits per heavy atom. The number of amides is 1. The summed E-state index contributed by atoms with van der Waals surface area (Å²) >= 11 is 0. The van der Waals surface area contributed by atoms with Crippen LogP contribution in [0.2, 0.25) is 0 Å². The molecule has 0 aliphatic heterocycles. The standard InChI is InChI=1S/C23H24FN9O/c24-15-11-14(21(26)34)22(32-23(15)31-17-5-2-1-4-16(17)25)29-13-6-7-18-19(10-13)27-12-20(30-18)33-9-3-8-28-33/h3,6-12,16-17H,1-2,4-5,25H2,(H2,26,34)(H2,29,31,32). The monoisotopic (exact) mass is 461 g/mol. The maximum Gasteiger partial charge on any atom is 0.252 e. The van der Waals surface area contributed by atoms with Gasteiger partial charge in [0, 0.05) is 30.2 Å². The molecule has 174 valence electrons. The molecule has 0 radical (unpaired) electrons. The number of carbonyl (C=O) groups is 1. The van der Waals surface area contributed by atoms with E-state index < -0.39 is 11.7 Å². The number of halogens is 1. The zero-order valence-electron chi connectivity index (χ0n) is 18.3. The highest BCUT2D eigenvalue weighted by Crippen LogP contribution is 2.27. The SMILES string of the molecule is NC(=O)c1cc(F)c(NC2CCCCC2N)nc1Nc1ccc2nc(-n3cccn3)cnc2c1. The lowest BCUT2D eigenvalue weighted by Crippen LogP contribution is -2.43. The molecule has 4 aromatic rings. The summed E-state index contributed by atoms with van der Waals surface area (Å²) in [6, 6.07) is 8.02. The number of primary amides is 1. The zero-order chi connectivity index (χ0) is 23.7. The summed E-state index contributed by atoms with van der Waals surface area (Å²) in [4.78, 5) is 25.3. The molecular weight excluding hydrogens is 437 g/mol. The van der Waals surface area contributed by atoms with Crippen LogP contribution in [0, 0.1) is 5.82 Å². The van der Waals surface area contributed by atoms with Crippen molar-refractivity contribution in [1.82, 2.24) is 24.7 Å². The van der Waals surface area contributed by atoms with Crippen LogP contribution in [0.1, 0.15) is 36.0 Å². The number of hydrogen-bond donors (Lipinski definition) is 4. The molecule has 1 aliphatic rings. The first kappa shape index (κ1) is 21.7. The second kappa shape index (κ2) is 9.02. The molecule has 1 aromatic carbocycles. The molecule has 0 spiro atoms. The highest BCUT2D eigenvalue weighted by atomic mass is 19.1. The topological polar surface area (TPSA) is 150 Å². The summed E-state index contributed by atoms with van der Waals surface area (Å²) in [5.41, 5.74) is 13.5. The summed E-state index contributed by atoms with van der Waals surface area (Å²) in [7, 11) is 0. The van der Waals surface area contributed by atoms with Crippen LogP contribution in [0.15, 0.2) is 48.9 Å². The van der Waals surface area contributed by atoms with Gasteiger partial charge >= 0.3 is 0 Å². The number of anilines is 3. The van der Waals surface area contributed by atoms with Crippen molar-refractivity contribution in [1.29, 1.82) is 0 Å². The lowest BCUT2D eigenvalue weighted by molar-refractivity contribution is 0.100. The summed E-state index contributed by atoms with van der Waals surface area (Å²) in [6.07, 6.45) is 8.81. The van der Waals surface area contributed by atoms with Crippen molar-refractivity contribution in [2.45, 2.75) is 37.8 Å². The molecular formula is C23H24FN9O. The maximum atomic E-state index is 14.7. The average molecular weight is 462 g/mol. The molecule has 0 bridgehead atoms. The molecule has 1 amide bonds. The van der Waals surface area contributed by atoms with Gasteiger partial charge in [0.05, 0.1) is 22.8 Å². The Morgan fingerprint density at radius 3 is 2.74 bits per heavy atom. The Kier molecular flexibility index (Phi) is 5.76. The Labute approximate surface area is 194 Å². The highest BCUT2D eigenvalue weighted by molar-refractivity contribution is 5.98. The predicted octanol–water partition coefficient (Wildman–Crippen LogP) is 2.87. The van der Waals surface area contributed by atoms with Gasteiger partial charge in [0.2, 0.25) is 0 Å². The molecule has 1 fully saturated rings. The van der Waals surface area contributed by atoms with Gasteiger partial charge in [0.15, 0.2) is 17.5 Å². The summed E-state index contributed by atoms with van der Waals surface area (Å²) in [6.45, 7) is 0. The van der Waals surface area contributed by atoms with E-state index in [9.17, 15) is 9.18 Å². The van der Waals surface area contributed by atoms with Crippen LogP contribution in [0.3, 0.4) is 0 Å². The van der Waals surface area contributed by atoms with E-state index in [1.807, 2.05) is 0 Å². The number of fused-ring (bicyclic) bond motifs is 1. The van der Waals surface area contributed by atoms with E-state index in [4.69, 9.17) is 11.5 Å². The molecule has 10 nitrogen and oxygen atoms in total. The molecule has 0 saturated heterocycles. The van der Waals surface area contributed by atoms with Crippen LogP contribution < -0.4 is 22.1 Å². The smallest absolute Gasteiger partial charge is 0.252 e. The molecule has 34 heavy (non-hydrogen) atoms. The predicted molar refractivity (Wildman–Crippen MR) is 127 cm³/mol. The van der Waals surface area contributed by atoms with E-state index in [1.165, 1.54) is 0 Å². The van der Waals surface area contributed by atoms with E-state index >= 15 is 0 Å². The quantitative estimate of drug-likeness (QED) is 0.342. The van der Waals surface area contributed by atoms with Gasteiger partial charge in [-0.3, -0.25) is 9.78 Å². The van der Waals surface area contributed by atoms with E-state index in [1.54, 1.807) is 47.5 Å². The molecule has 2 unspecified atom stereocenters. The Hall–Kier alpha value is -4.12. The van der Waals surface area contributed by atoms with Gasteiger partial charge in [-0.1, -0.05) is 12.8 Å². The molecule has 2 atom stereocenters. The largest absolute Gasteiger partial charge is 0.365 e. The molecule has 3 heterocycles. The van der Waals surface area contributed by atoms with Crippen molar-refractivity contribution in [3.63, 3.8) is 0 Å². The van der Waals surface area contributed by atoms with Crippen molar-refractivity contribution in [3.8, 4) is 5.82 Å². The first-order valence-corrected chi connectivity index (χ1v) is 11.0. The van der Waals surface area contributed by atoms with Crippen molar-refractivity contribution < 1.29 is 9.18 Å². The third kappa shape index (κ3) is 4.37. The van der Waals surface area contributed by atoms with Crippen molar-refractivity contribution in [3.05, 3.63) is 60.3 Å². The second-order valence-corrected chi connectivity index (χ2v) is 8.29. The van der Waals surface area contributed by atoms with E-state index in [2.05, 4.69) is 30.7 Å². The number of carbonyl (C=O) groups excluding carboxylic acids is 1. The molecule has 1 saturated carbocycles. The van der Waals surface area contributed by atoms with Crippen LogP contribution in [-0.4, -0.2) is 42.7 Å². The first-order chi connectivity index (χ1) is 16.5. The Balaban J connectivity index is 1.45. The molecule has 1 aliphatic carbocycles. The number of hydrogen-bond acceptors (Lipinski definition) is 8. The third-order valence-electron chi connectivity index (χ3n) is 5.91.